The van der Waals surface area contributed by atoms with Crippen LogP contribution in [0.5, 0.6) is 5.75 Å². The molecule has 0 radical (unpaired) electrons. The first-order valence-corrected chi connectivity index (χ1v) is 10.4. The van der Waals surface area contributed by atoms with Crippen molar-refractivity contribution in [3.8, 4) is 5.75 Å². The number of ether oxygens (including phenoxy) is 1. The number of carbonyl (C=O) groups is 1. The molecule has 1 aliphatic rings. The van der Waals surface area contributed by atoms with Gasteiger partial charge in [0.25, 0.3) is 0 Å². The molecule has 2 N–H and O–H groups in total. The third-order valence-electron chi connectivity index (χ3n) is 5.11. The highest BCUT2D eigenvalue weighted by molar-refractivity contribution is 6.30. The van der Waals surface area contributed by atoms with Gasteiger partial charge in [0.15, 0.2) is 0 Å². The van der Waals surface area contributed by atoms with Crippen LogP contribution in [0, 0.1) is 0 Å². The van der Waals surface area contributed by atoms with Crippen molar-refractivity contribution < 1.29 is 14.6 Å². The maximum Gasteiger partial charge on any atom is 0.239 e. The van der Waals surface area contributed by atoms with Crippen molar-refractivity contribution in [2.45, 2.75) is 44.8 Å². The predicted octanol–water partition coefficient (Wildman–Crippen LogP) is 3.35. The second kappa shape index (κ2) is 9.61. The van der Waals surface area contributed by atoms with E-state index in [1.807, 2.05) is 26.0 Å². The van der Waals surface area contributed by atoms with Gasteiger partial charge in [0.05, 0.1) is 18.3 Å². The van der Waals surface area contributed by atoms with E-state index in [-0.39, 0.29) is 25.1 Å². The molecule has 7 nitrogen and oxygen atoms in total. The van der Waals surface area contributed by atoms with E-state index in [0.29, 0.717) is 36.0 Å². The monoisotopic (exact) mass is 420 g/mol. The van der Waals surface area contributed by atoms with Crippen LogP contribution >= 0.6 is 11.6 Å². The van der Waals surface area contributed by atoms with Crippen LogP contribution < -0.4 is 10.1 Å². The molecule has 1 saturated heterocycles. The van der Waals surface area contributed by atoms with E-state index in [4.69, 9.17) is 16.3 Å². The minimum Gasteiger partial charge on any atom is -0.491 e. The molecule has 1 unspecified atom stereocenters. The molecule has 1 aromatic carbocycles. The van der Waals surface area contributed by atoms with Gasteiger partial charge in [0.2, 0.25) is 5.91 Å². The maximum atomic E-state index is 12.5. The lowest BCUT2D eigenvalue weighted by Gasteiger charge is -2.27. The third-order valence-corrected chi connectivity index (χ3v) is 5.34. The Morgan fingerprint density at radius 1 is 1.34 bits per heavy atom. The van der Waals surface area contributed by atoms with Gasteiger partial charge >= 0.3 is 0 Å². The van der Waals surface area contributed by atoms with E-state index in [1.54, 1.807) is 29.1 Å². The number of aliphatic hydroxyl groups is 1. The Bertz CT molecular complexity index is 826. The lowest BCUT2D eigenvalue weighted by atomic mass is 9.96. The van der Waals surface area contributed by atoms with E-state index in [2.05, 4.69) is 15.3 Å². The van der Waals surface area contributed by atoms with Crippen molar-refractivity contribution in [1.29, 1.82) is 0 Å². The fourth-order valence-electron chi connectivity index (χ4n) is 3.52. The van der Waals surface area contributed by atoms with Crippen molar-refractivity contribution in [2.24, 2.45) is 0 Å². The van der Waals surface area contributed by atoms with Gasteiger partial charge in [-0.2, -0.15) is 5.10 Å². The zero-order valence-electron chi connectivity index (χ0n) is 17.0. The highest BCUT2D eigenvalue weighted by Crippen LogP contribution is 2.25. The lowest BCUT2D eigenvalue weighted by molar-refractivity contribution is -0.117. The topological polar surface area (TPSA) is 79.6 Å². The van der Waals surface area contributed by atoms with Crippen LogP contribution in [0.25, 0.3) is 0 Å². The molecule has 1 atom stereocenters. The molecule has 158 valence electrons. The van der Waals surface area contributed by atoms with Gasteiger partial charge < -0.3 is 15.2 Å². The fourth-order valence-corrected chi connectivity index (χ4v) is 3.70. The highest BCUT2D eigenvalue weighted by Gasteiger charge is 2.31. The molecule has 8 heteroatoms. The zero-order chi connectivity index (χ0) is 20.9. The molecule has 1 amide bonds. The third kappa shape index (κ3) is 6.19. The summed E-state index contributed by atoms with van der Waals surface area (Å²) in [4.78, 5) is 14.5. The standard InChI is InChI=1S/C21H29ClN4O3/c1-16(2)26-19(7-10-23-26)24-20(27)14-25-11-4-8-21(28,9-12-25)15-29-18-6-3-5-17(22)13-18/h3,5-7,10,13,16,28H,4,8-9,11-12,14-15H2,1-2H3,(H,24,27). The Labute approximate surface area is 176 Å². The predicted molar refractivity (Wildman–Crippen MR) is 113 cm³/mol. The molecule has 29 heavy (non-hydrogen) atoms. The van der Waals surface area contributed by atoms with Gasteiger partial charge in [0.1, 0.15) is 18.2 Å². The van der Waals surface area contributed by atoms with Crippen LogP contribution in [0.4, 0.5) is 5.82 Å². The Kier molecular flexibility index (Phi) is 7.16. The zero-order valence-corrected chi connectivity index (χ0v) is 17.7. The minimum absolute atomic E-state index is 0.0759. The second-order valence-electron chi connectivity index (χ2n) is 7.90. The number of likely N-dealkylation sites (tertiary alicyclic amines) is 1. The summed E-state index contributed by atoms with van der Waals surface area (Å²) in [6.07, 6.45) is 3.66. The second-order valence-corrected chi connectivity index (χ2v) is 8.34. The number of anilines is 1. The number of hydrogen-bond acceptors (Lipinski definition) is 5. The Morgan fingerprint density at radius 3 is 2.93 bits per heavy atom. The molecule has 1 aliphatic heterocycles. The van der Waals surface area contributed by atoms with Gasteiger partial charge in [-0.05, 0) is 57.9 Å². The fraction of sp³-hybridized carbons (Fsp3) is 0.524. The van der Waals surface area contributed by atoms with E-state index in [1.165, 1.54) is 0 Å². The Balaban J connectivity index is 1.49. The van der Waals surface area contributed by atoms with Gasteiger partial charge in [0, 0.05) is 23.7 Å². The summed E-state index contributed by atoms with van der Waals surface area (Å²) in [5.41, 5.74) is -0.913. The van der Waals surface area contributed by atoms with E-state index in [0.717, 1.165) is 13.0 Å². The molecule has 3 rings (SSSR count). The molecule has 0 bridgehead atoms. The number of rotatable bonds is 7. The normalized spacial score (nSPS) is 20.4. The van der Waals surface area contributed by atoms with Crippen LogP contribution in [0.3, 0.4) is 0 Å². The molecule has 0 spiro atoms. The van der Waals surface area contributed by atoms with Crippen LogP contribution in [-0.2, 0) is 4.79 Å². The number of nitrogens with one attached hydrogen (secondary N) is 1. The number of nitrogens with zero attached hydrogens (tertiary/aromatic N) is 3. The Hall–Kier alpha value is -2.09. The smallest absolute Gasteiger partial charge is 0.239 e. The summed E-state index contributed by atoms with van der Waals surface area (Å²) < 4.78 is 7.55. The average molecular weight is 421 g/mol. The van der Waals surface area contributed by atoms with Crippen molar-refractivity contribution in [2.75, 3.05) is 31.6 Å². The lowest BCUT2D eigenvalue weighted by Crippen LogP contribution is -2.38. The summed E-state index contributed by atoms with van der Waals surface area (Å²) in [6, 6.07) is 9.14. The average Bonchev–Trinajstić information content (AvgIpc) is 3.05. The molecule has 2 heterocycles. The molecule has 1 fully saturated rings. The number of carbonyl (C=O) groups excluding carboxylic acids is 1. The number of amides is 1. The summed E-state index contributed by atoms with van der Waals surface area (Å²) in [7, 11) is 0. The van der Waals surface area contributed by atoms with Crippen LogP contribution in [-0.4, -0.2) is 57.5 Å². The van der Waals surface area contributed by atoms with Gasteiger partial charge in [-0.3, -0.25) is 9.69 Å². The van der Waals surface area contributed by atoms with Crippen molar-refractivity contribution in [1.82, 2.24) is 14.7 Å². The largest absolute Gasteiger partial charge is 0.491 e. The first-order valence-electron chi connectivity index (χ1n) is 10.0. The number of aromatic nitrogens is 2. The highest BCUT2D eigenvalue weighted by atomic mass is 35.5. The number of halogens is 1. The molecular formula is C21H29ClN4O3. The first-order chi connectivity index (χ1) is 13.8. The van der Waals surface area contributed by atoms with Gasteiger partial charge in [-0.1, -0.05) is 17.7 Å². The molecular weight excluding hydrogens is 392 g/mol. The minimum atomic E-state index is -0.913. The van der Waals surface area contributed by atoms with E-state index >= 15 is 0 Å². The first kappa shape index (κ1) is 21.6. The number of benzene rings is 1. The van der Waals surface area contributed by atoms with Crippen LogP contribution in [0.2, 0.25) is 5.02 Å². The summed E-state index contributed by atoms with van der Waals surface area (Å²) >= 11 is 5.98. The van der Waals surface area contributed by atoms with Crippen molar-refractivity contribution in [3.63, 3.8) is 0 Å². The summed E-state index contributed by atoms with van der Waals surface area (Å²) in [5.74, 6) is 1.27. The SMILES string of the molecule is CC(C)n1nccc1NC(=O)CN1CCCC(O)(COc2cccc(Cl)c2)CC1. The Morgan fingerprint density at radius 2 is 2.17 bits per heavy atom. The molecule has 0 saturated carbocycles. The number of hydrogen-bond donors (Lipinski definition) is 2. The molecule has 1 aromatic heterocycles. The van der Waals surface area contributed by atoms with E-state index in [9.17, 15) is 9.90 Å². The van der Waals surface area contributed by atoms with E-state index < -0.39 is 5.60 Å². The quantitative estimate of drug-likeness (QED) is 0.718. The maximum absolute atomic E-state index is 12.5. The van der Waals surface area contributed by atoms with Crippen LogP contribution in [0.1, 0.15) is 39.2 Å². The molecule has 0 aliphatic carbocycles. The van der Waals surface area contributed by atoms with Crippen molar-refractivity contribution in [3.05, 3.63) is 41.6 Å². The molecule has 2 aromatic rings. The van der Waals surface area contributed by atoms with Crippen LogP contribution in [0.15, 0.2) is 36.5 Å². The van der Waals surface area contributed by atoms with Gasteiger partial charge in [-0.25, -0.2) is 4.68 Å². The van der Waals surface area contributed by atoms with Crippen molar-refractivity contribution >= 4 is 23.3 Å². The van der Waals surface area contributed by atoms with Gasteiger partial charge in [-0.15, -0.1) is 0 Å². The summed E-state index contributed by atoms with van der Waals surface area (Å²) in [5, 5.41) is 18.7. The summed E-state index contributed by atoms with van der Waals surface area (Å²) in [6.45, 7) is 5.92.